The van der Waals surface area contributed by atoms with E-state index in [1.54, 1.807) is 0 Å². The van der Waals surface area contributed by atoms with Gasteiger partial charge in [0, 0.05) is 31.9 Å². The molecule has 1 aliphatic carbocycles. The van der Waals surface area contributed by atoms with Crippen LogP contribution in [0.2, 0.25) is 0 Å². The first-order valence-corrected chi connectivity index (χ1v) is 7.40. The molecule has 0 saturated heterocycles. The lowest BCUT2D eigenvalue weighted by molar-refractivity contribution is -0.121. The Kier molecular flexibility index (Phi) is 5.73. The number of allylic oxidation sites excluding steroid dienone is 1. The molecule has 0 spiro atoms. The van der Waals surface area contributed by atoms with Crippen LogP contribution in [0.4, 0.5) is 0 Å². The molecule has 0 bridgehead atoms. The van der Waals surface area contributed by atoms with E-state index < -0.39 is 0 Å². The lowest BCUT2D eigenvalue weighted by Crippen LogP contribution is -2.24. The van der Waals surface area contributed by atoms with E-state index in [1.165, 1.54) is 31.3 Å². The molecule has 1 N–H and O–H groups in total. The Balaban J connectivity index is 1.53. The van der Waals surface area contributed by atoms with E-state index >= 15 is 0 Å². The van der Waals surface area contributed by atoms with Crippen LogP contribution in [0.25, 0.3) is 0 Å². The molecule has 1 heterocycles. The second kappa shape index (κ2) is 7.82. The Morgan fingerprint density at radius 3 is 2.84 bits per heavy atom. The van der Waals surface area contributed by atoms with Crippen molar-refractivity contribution in [1.29, 1.82) is 0 Å². The summed E-state index contributed by atoms with van der Waals surface area (Å²) in [6.45, 7) is 1.72. The minimum absolute atomic E-state index is 0.184. The molecule has 104 valence electrons. The molecule has 0 radical (unpaired) electrons. The molecular formula is C16H24N2O. The molecule has 1 aliphatic rings. The highest BCUT2D eigenvalue weighted by Crippen LogP contribution is 2.19. The lowest BCUT2D eigenvalue weighted by Gasteiger charge is -2.13. The van der Waals surface area contributed by atoms with Crippen LogP contribution in [0.1, 0.15) is 44.9 Å². The van der Waals surface area contributed by atoms with Crippen LogP contribution in [0.15, 0.2) is 36.2 Å². The maximum atomic E-state index is 11.7. The molecule has 0 aliphatic heterocycles. The van der Waals surface area contributed by atoms with E-state index in [1.807, 2.05) is 24.5 Å². The fraction of sp³-hybridized carbons (Fsp3) is 0.562. The monoisotopic (exact) mass is 260 g/mol. The molecule has 1 amide bonds. The van der Waals surface area contributed by atoms with Crippen molar-refractivity contribution in [3.05, 3.63) is 36.2 Å². The summed E-state index contributed by atoms with van der Waals surface area (Å²) in [6, 6.07) is 4.02. The van der Waals surface area contributed by atoms with Crippen LogP contribution in [0.3, 0.4) is 0 Å². The summed E-state index contributed by atoms with van der Waals surface area (Å²) < 4.78 is 2.11. The lowest BCUT2D eigenvalue weighted by atomic mass is 9.97. The van der Waals surface area contributed by atoms with Crippen molar-refractivity contribution in [1.82, 2.24) is 9.88 Å². The number of hydrogen-bond acceptors (Lipinski definition) is 1. The van der Waals surface area contributed by atoms with Gasteiger partial charge in [0.05, 0.1) is 0 Å². The number of carbonyl (C=O) groups excluding carboxylic acids is 1. The standard InChI is InChI=1S/C16H24N2O/c19-16(9-6-14-18-12-4-5-13-18)17-11-10-15-7-2-1-3-8-15/h4-5,7,12-13H,1-3,6,8-11,14H2,(H,17,19). The van der Waals surface area contributed by atoms with Crippen molar-refractivity contribution in [3.63, 3.8) is 0 Å². The van der Waals surface area contributed by atoms with Gasteiger partial charge in [0.1, 0.15) is 0 Å². The summed E-state index contributed by atoms with van der Waals surface area (Å²) in [6.07, 6.45) is 14.1. The zero-order valence-corrected chi connectivity index (χ0v) is 11.6. The molecule has 0 atom stereocenters. The van der Waals surface area contributed by atoms with Gasteiger partial charge in [-0.1, -0.05) is 11.6 Å². The third-order valence-electron chi connectivity index (χ3n) is 3.64. The minimum Gasteiger partial charge on any atom is -0.356 e. The third kappa shape index (κ3) is 5.33. The second-order valence-electron chi connectivity index (χ2n) is 5.23. The van der Waals surface area contributed by atoms with Gasteiger partial charge in [0.25, 0.3) is 0 Å². The smallest absolute Gasteiger partial charge is 0.220 e. The number of hydrogen-bond donors (Lipinski definition) is 1. The Bertz CT molecular complexity index is 406. The highest BCUT2D eigenvalue weighted by molar-refractivity contribution is 5.75. The van der Waals surface area contributed by atoms with Crippen molar-refractivity contribution in [3.8, 4) is 0 Å². The summed E-state index contributed by atoms with van der Waals surface area (Å²) >= 11 is 0. The van der Waals surface area contributed by atoms with Gasteiger partial charge in [0.2, 0.25) is 5.91 Å². The largest absolute Gasteiger partial charge is 0.356 e. The molecule has 2 rings (SSSR count). The van der Waals surface area contributed by atoms with E-state index in [2.05, 4.69) is 16.0 Å². The Morgan fingerprint density at radius 1 is 1.26 bits per heavy atom. The summed E-state index contributed by atoms with van der Waals surface area (Å²) in [5.41, 5.74) is 1.53. The van der Waals surface area contributed by atoms with Gasteiger partial charge in [-0.15, -0.1) is 0 Å². The molecule has 0 fully saturated rings. The molecule has 0 saturated carbocycles. The summed E-state index contributed by atoms with van der Waals surface area (Å²) in [5, 5.41) is 3.02. The van der Waals surface area contributed by atoms with Gasteiger partial charge < -0.3 is 9.88 Å². The normalized spacial score (nSPS) is 15.1. The van der Waals surface area contributed by atoms with Gasteiger partial charge >= 0.3 is 0 Å². The zero-order valence-electron chi connectivity index (χ0n) is 11.6. The van der Waals surface area contributed by atoms with Crippen molar-refractivity contribution in [2.75, 3.05) is 6.54 Å². The highest BCUT2D eigenvalue weighted by Gasteiger charge is 2.05. The van der Waals surface area contributed by atoms with Crippen molar-refractivity contribution in [2.45, 2.75) is 51.5 Å². The van der Waals surface area contributed by atoms with Gasteiger partial charge in [-0.3, -0.25) is 4.79 Å². The number of nitrogens with one attached hydrogen (secondary N) is 1. The second-order valence-corrected chi connectivity index (χ2v) is 5.23. The average molecular weight is 260 g/mol. The van der Waals surface area contributed by atoms with Crippen molar-refractivity contribution in [2.24, 2.45) is 0 Å². The minimum atomic E-state index is 0.184. The van der Waals surface area contributed by atoms with Crippen LogP contribution in [-0.2, 0) is 11.3 Å². The summed E-state index contributed by atoms with van der Waals surface area (Å²) in [7, 11) is 0. The average Bonchev–Trinajstić information content (AvgIpc) is 2.93. The highest BCUT2D eigenvalue weighted by atomic mass is 16.1. The number of amides is 1. The first kappa shape index (κ1) is 13.9. The van der Waals surface area contributed by atoms with Gasteiger partial charge in [-0.25, -0.2) is 0 Å². The van der Waals surface area contributed by atoms with Gasteiger partial charge in [0.15, 0.2) is 0 Å². The van der Waals surface area contributed by atoms with Gasteiger partial charge in [-0.05, 0) is 50.7 Å². The quantitative estimate of drug-likeness (QED) is 0.750. The van der Waals surface area contributed by atoms with Crippen LogP contribution in [-0.4, -0.2) is 17.0 Å². The van der Waals surface area contributed by atoms with E-state index in [0.717, 1.165) is 25.9 Å². The summed E-state index contributed by atoms with van der Waals surface area (Å²) in [5.74, 6) is 0.184. The van der Waals surface area contributed by atoms with Crippen molar-refractivity contribution >= 4 is 5.91 Å². The molecule has 3 nitrogen and oxygen atoms in total. The first-order valence-electron chi connectivity index (χ1n) is 7.40. The molecule has 1 aromatic heterocycles. The van der Waals surface area contributed by atoms with Gasteiger partial charge in [-0.2, -0.15) is 0 Å². The molecule has 1 aromatic rings. The maximum Gasteiger partial charge on any atom is 0.220 e. The summed E-state index contributed by atoms with van der Waals surface area (Å²) in [4.78, 5) is 11.7. The zero-order chi connectivity index (χ0) is 13.3. The van der Waals surface area contributed by atoms with Crippen molar-refractivity contribution < 1.29 is 4.79 Å². The van der Waals surface area contributed by atoms with E-state index in [9.17, 15) is 4.79 Å². The number of rotatable bonds is 7. The Morgan fingerprint density at radius 2 is 2.11 bits per heavy atom. The maximum absolute atomic E-state index is 11.7. The topological polar surface area (TPSA) is 34.0 Å². The molecule has 0 aromatic carbocycles. The molecule has 19 heavy (non-hydrogen) atoms. The van der Waals surface area contributed by atoms with Crippen LogP contribution < -0.4 is 5.32 Å². The fourth-order valence-corrected chi connectivity index (χ4v) is 2.52. The molecule has 3 heteroatoms. The third-order valence-corrected chi connectivity index (χ3v) is 3.64. The van der Waals surface area contributed by atoms with Crippen LogP contribution in [0.5, 0.6) is 0 Å². The van der Waals surface area contributed by atoms with Crippen LogP contribution >= 0.6 is 0 Å². The van der Waals surface area contributed by atoms with E-state index in [-0.39, 0.29) is 5.91 Å². The van der Waals surface area contributed by atoms with E-state index in [4.69, 9.17) is 0 Å². The SMILES string of the molecule is O=C(CCCn1cccc1)NCCC1=CCCCC1. The van der Waals surface area contributed by atoms with Crippen LogP contribution in [0, 0.1) is 0 Å². The number of nitrogens with zero attached hydrogens (tertiary/aromatic N) is 1. The fourth-order valence-electron chi connectivity index (χ4n) is 2.52. The predicted molar refractivity (Wildman–Crippen MR) is 77.8 cm³/mol. The van der Waals surface area contributed by atoms with E-state index in [0.29, 0.717) is 6.42 Å². The predicted octanol–water partition coefficient (Wildman–Crippen LogP) is 3.28. The number of aryl methyl sites for hydroxylation is 1. The molecular weight excluding hydrogens is 236 g/mol. The Labute approximate surface area is 115 Å². The number of carbonyl (C=O) groups is 1. The number of aromatic nitrogens is 1. The Hall–Kier alpha value is -1.51. The molecule has 0 unspecified atom stereocenters. The first-order chi connectivity index (χ1) is 9.34.